The molecule has 1 amide bonds. The van der Waals surface area contributed by atoms with Crippen LogP contribution in [0, 0.1) is 0 Å². The number of aromatic nitrogens is 1. The number of aromatic amines is 1. The number of nitrogens with one attached hydrogen (secondary N) is 2. The van der Waals surface area contributed by atoms with Gasteiger partial charge >= 0.3 is 0 Å². The number of rotatable bonds is 4. The van der Waals surface area contributed by atoms with Gasteiger partial charge in [-0.3, -0.25) is 9.59 Å². The van der Waals surface area contributed by atoms with Crippen molar-refractivity contribution in [1.29, 1.82) is 0 Å². The summed E-state index contributed by atoms with van der Waals surface area (Å²) in [4.78, 5) is 25.6. The highest BCUT2D eigenvalue weighted by molar-refractivity contribution is 5.99. The summed E-state index contributed by atoms with van der Waals surface area (Å²) >= 11 is 0. The van der Waals surface area contributed by atoms with Crippen molar-refractivity contribution in [3.05, 3.63) is 23.5 Å². The monoisotopic (exact) mass is 236 g/mol. The second-order valence-corrected chi connectivity index (χ2v) is 4.20. The van der Waals surface area contributed by atoms with E-state index in [4.69, 9.17) is 4.74 Å². The van der Waals surface area contributed by atoms with Gasteiger partial charge in [-0.2, -0.15) is 0 Å². The molecule has 1 fully saturated rings. The first-order valence-electron chi connectivity index (χ1n) is 5.76. The van der Waals surface area contributed by atoms with Crippen molar-refractivity contribution in [1.82, 2.24) is 10.3 Å². The fourth-order valence-corrected chi connectivity index (χ4v) is 1.84. The SMILES string of the molecule is CC(=O)c1c[nH]c(C(=O)NC[C@H]2CCCO2)c1. The molecule has 2 rings (SSSR count). The molecule has 1 aromatic heterocycles. The van der Waals surface area contributed by atoms with Crippen LogP contribution >= 0.6 is 0 Å². The van der Waals surface area contributed by atoms with E-state index < -0.39 is 0 Å². The van der Waals surface area contributed by atoms with Crippen molar-refractivity contribution in [2.24, 2.45) is 0 Å². The summed E-state index contributed by atoms with van der Waals surface area (Å²) in [7, 11) is 0. The van der Waals surface area contributed by atoms with Crippen molar-refractivity contribution in [2.75, 3.05) is 13.2 Å². The molecule has 1 aliphatic heterocycles. The summed E-state index contributed by atoms with van der Waals surface area (Å²) in [5.41, 5.74) is 0.931. The van der Waals surface area contributed by atoms with Crippen LogP contribution in [0.15, 0.2) is 12.3 Å². The van der Waals surface area contributed by atoms with Gasteiger partial charge in [0, 0.05) is 24.9 Å². The molecule has 2 heterocycles. The van der Waals surface area contributed by atoms with Crippen molar-refractivity contribution in [2.45, 2.75) is 25.9 Å². The lowest BCUT2D eigenvalue weighted by Crippen LogP contribution is -2.31. The summed E-state index contributed by atoms with van der Waals surface area (Å²) in [5.74, 6) is -0.257. The molecule has 0 radical (unpaired) electrons. The Morgan fingerprint density at radius 2 is 2.41 bits per heavy atom. The molecule has 5 nitrogen and oxygen atoms in total. The van der Waals surface area contributed by atoms with E-state index in [1.165, 1.54) is 6.92 Å². The average Bonchev–Trinajstić information content (AvgIpc) is 2.96. The molecule has 0 aliphatic carbocycles. The minimum Gasteiger partial charge on any atom is -0.376 e. The number of carbonyl (C=O) groups excluding carboxylic acids is 2. The smallest absolute Gasteiger partial charge is 0.267 e. The molecule has 1 atom stereocenters. The maximum atomic E-state index is 11.7. The summed E-state index contributed by atoms with van der Waals surface area (Å²) in [6.07, 6.45) is 3.71. The lowest BCUT2D eigenvalue weighted by atomic mass is 10.2. The number of amides is 1. The Labute approximate surface area is 99.5 Å². The number of hydrogen-bond donors (Lipinski definition) is 2. The van der Waals surface area contributed by atoms with Gasteiger partial charge < -0.3 is 15.0 Å². The third-order valence-electron chi connectivity index (χ3n) is 2.85. The van der Waals surface area contributed by atoms with E-state index >= 15 is 0 Å². The summed E-state index contributed by atoms with van der Waals surface area (Å²) < 4.78 is 5.40. The molecule has 1 aliphatic rings. The quantitative estimate of drug-likeness (QED) is 0.770. The molecule has 17 heavy (non-hydrogen) atoms. The Morgan fingerprint density at radius 3 is 3.00 bits per heavy atom. The minimum atomic E-state index is -0.201. The van der Waals surface area contributed by atoms with Crippen molar-refractivity contribution in [3.63, 3.8) is 0 Å². The zero-order valence-corrected chi connectivity index (χ0v) is 9.79. The first-order valence-corrected chi connectivity index (χ1v) is 5.76. The van der Waals surface area contributed by atoms with Gasteiger partial charge in [-0.05, 0) is 25.8 Å². The maximum Gasteiger partial charge on any atom is 0.267 e. The summed E-state index contributed by atoms with van der Waals surface area (Å²) in [6.45, 7) is 2.77. The van der Waals surface area contributed by atoms with Gasteiger partial charge in [-0.1, -0.05) is 0 Å². The van der Waals surface area contributed by atoms with Crippen LogP contribution < -0.4 is 5.32 Å². The van der Waals surface area contributed by atoms with Gasteiger partial charge in [0.25, 0.3) is 5.91 Å². The third kappa shape index (κ3) is 2.94. The fraction of sp³-hybridized carbons (Fsp3) is 0.500. The van der Waals surface area contributed by atoms with E-state index in [1.54, 1.807) is 12.3 Å². The van der Waals surface area contributed by atoms with Gasteiger partial charge in [0.15, 0.2) is 5.78 Å². The molecule has 0 bridgehead atoms. The van der Waals surface area contributed by atoms with Gasteiger partial charge in [0.2, 0.25) is 0 Å². The molecule has 5 heteroatoms. The van der Waals surface area contributed by atoms with Crippen LogP contribution in [0.2, 0.25) is 0 Å². The zero-order chi connectivity index (χ0) is 12.3. The van der Waals surface area contributed by atoms with Crippen LogP contribution in [0.25, 0.3) is 0 Å². The van der Waals surface area contributed by atoms with Gasteiger partial charge in [-0.25, -0.2) is 0 Å². The minimum absolute atomic E-state index is 0.0561. The molecule has 2 N–H and O–H groups in total. The van der Waals surface area contributed by atoms with Crippen LogP contribution in [-0.2, 0) is 4.74 Å². The first kappa shape index (κ1) is 11.9. The number of carbonyl (C=O) groups is 2. The Morgan fingerprint density at radius 1 is 1.59 bits per heavy atom. The van der Waals surface area contributed by atoms with E-state index in [0.717, 1.165) is 19.4 Å². The van der Waals surface area contributed by atoms with Gasteiger partial charge in [0.05, 0.1) is 6.10 Å². The summed E-state index contributed by atoms with van der Waals surface area (Å²) in [6, 6.07) is 1.56. The van der Waals surface area contributed by atoms with E-state index in [0.29, 0.717) is 17.8 Å². The fourth-order valence-electron chi connectivity index (χ4n) is 1.84. The molecule has 0 unspecified atom stereocenters. The second kappa shape index (κ2) is 5.14. The first-order chi connectivity index (χ1) is 8.16. The van der Waals surface area contributed by atoms with Crippen LogP contribution in [-0.4, -0.2) is 35.9 Å². The molecular weight excluding hydrogens is 220 g/mol. The Bertz CT molecular complexity index is 419. The molecule has 0 spiro atoms. The highest BCUT2D eigenvalue weighted by Gasteiger charge is 2.17. The molecule has 1 saturated heterocycles. The molecule has 0 saturated carbocycles. The van der Waals surface area contributed by atoms with Crippen LogP contribution in [0.5, 0.6) is 0 Å². The topological polar surface area (TPSA) is 71.2 Å². The Kier molecular flexibility index (Phi) is 3.58. The molecule has 92 valence electrons. The Balaban J connectivity index is 1.87. The Hall–Kier alpha value is -1.62. The number of Topliss-reactive ketones (excluding diaryl/α,β-unsaturated/α-hetero) is 1. The third-order valence-corrected chi connectivity index (χ3v) is 2.85. The largest absolute Gasteiger partial charge is 0.376 e. The number of hydrogen-bond acceptors (Lipinski definition) is 3. The zero-order valence-electron chi connectivity index (χ0n) is 9.79. The number of H-pyrrole nitrogens is 1. The molecular formula is C12H16N2O3. The number of ether oxygens (including phenoxy) is 1. The van der Waals surface area contributed by atoms with Crippen molar-refractivity contribution >= 4 is 11.7 Å². The van der Waals surface area contributed by atoms with E-state index in [-0.39, 0.29) is 17.8 Å². The van der Waals surface area contributed by atoms with Crippen molar-refractivity contribution in [3.8, 4) is 0 Å². The van der Waals surface area contributed by atoms with Gasteiger partial charge in [0.1, 0.15) is 5.69 Å². The highest BCUT2D eigenvalue weighted by atomic mass is 16.5. The second-order valence-electron chi connectivity index (χ2n) is 4.20. The maximum absolute atomic E-state index is 11.7. The predicted octanol–water partition coefficient (Wildman–Crippen LogP) is 1.13. The lowest BCUT2D eigenvalue weighted by molar-refractivity contribution is 0.0854. The van der Waals surface area contributed by atoms with Crippen LogP contribution in [0.3, 0.4) is 0 Å². The van der Waals surface area contributed by atoms with E-state index in [2.05, 4.69) is 10.3 Å². The van der Waals surface area contributed by atoms with Gasteiger partial charge in [-0.15, -0.1) is 0 Å². The number of ketones is 1. The van der Waals surface area contributed by atoms with Crippen LogP contribution in [0.1, 0.15) is 40.6 Å². The highest BCUT2D eigenvalue weighted by Crippen LogP contribution is 2.11. The van der Waals surface area contributed by atoms with E-state index in [9.17, 15) is 9.59 Å². The normalized spacial score (nSPS) is 19.2. The predicted molar refractivity (Wildman–Crippen MR) is 62.1 cm³/mol. The molecule has 1 aromatic rings. The molecule has 0 aromatic carbocycles. The van der Waals surface area contributed by atoms with E-state index in [1.807, 2.05) is 0 Å². The van der Waals surface area contributed by atoms with Crippen LogP contribution in [0.4, 0.5) is 0 Å². The summed E-state index contributed by atoms with van der Waals surface area (Å²) in [5, 5.41) is 2.79. The van der Waals surface area contributed by atoms with Crippen molar-refractivity contribution < 1.29 is 14.3 Å². The lowest BCUT2D eigenvalue weighted by Gasteiger charge is -2.09. The average molecular weight is 236 g/mol. The standard InChI is InChI=1S/C12H16N2O3/c1-8(15)9-5-11(13-6-9)12(16)14-7-10-3-2-4-17-10/h5-6,10,13H,2-4,7H2,1H3,(H,14,16)/t10-/m1/s1.